The molecular weight excluding hydrogens is 949 g/mol. The minimum atomic E-state index is 0.358. The maximum absolute atomic E-state index is 7.28. The van der Waals surface area contributed by atoms with Gasteiger partial charge < -0.3 is 18.6 Å². The van der Waals surface area contributed by atoms with Gasteiger partial charge in [0.05, 0.1) is 22.7 Å². The van der Waals surface area contributed by atoms with Gasteiger partial charge in [-0.1, -0.05) is 211 Å². The molecule has 4 heteroatoms. The zero-order valence-corrected chi connectivity index (χ0v) is 45.1. The Morgan fingerprint density at radius 3 is 1.06 bits per heavy atom. The number of aryl methyl sites for hydroxylation is 2. The number of anilines is 6. The summed E-state index contributed by atoms with van der Waals surface area (Å²) in [6.45, 7) is 13.5. The van der Waals surface area contributed by atoms with Gasteiger partial charge in [-0.15, -0.1) is 0 Å². The molecule has 0 aliphatic heterocycles. The first-order valence-corrected chi connectivity index (χ1v) is 27.8. The molecule has 0 aliphatic carbocycles. The van der Waals surface area contributed by atoms with Crippen LogP contribution in [0.2, 0.25) is 0 Å². The molecule has 0 unspecified atom stereocenters. The summed E-state index contributed by atoms with van der Waals surface area (Å²) < 4.78 is 14.6. The van der Waals surface area contributed by atoms with Crippen molar-refractivity contribution in [2.45, 2.75) is 66.2 Å². The van der Waals surface area contributed by atoms with Gasteiger partial charge in [-0.2, -0.15) is 0 Å². The second-order valence-electron chi connectivity index (χ2n) is 21.7. The summed E-state index contributed by atoms with van der Waals surface area (Å²) in [5.74, 6) is 0.717. The summed E-state index contributed by atoms with van der Waals surface area (Å²) in [5, 5.41) is 11.5. The van der Waals surface area contributed by atoms with E-state index in [9.17, 15) is 0 Å². The largest absolute Gasteiger partial charge is 0.453 e. The van der Waals surface area contributed by atoms with Crippen LogP contribution in [-0.2, 0) is 12.8 Å². The van der Waals surface area contributed by atoms with E-state index >= 15 is 0 Å². The van der Waals surface area contributed by atoms with Gasteiger partial charge in [-0.25, -0.2) is 0 Å². The monoisotopic (exact) mass is 1010 g/mol. The van der Waals surface area contributed by atoms with Crippen molar-refractivity contribution in [2.24, 2.45) is 0 Å². The molecule has 0 amide bonds. The summed E-state index contributed by atoms with van der Waals surface area (Å²) >= 11 is 0. The second-order valence-corrected chi connectivity index (χ2v) is 21.7. The number of furan rings is 2. The Hall–Kier alpha value is -9.12. The lowest BCUT2D eigenvalue weighted by molar-refractivity contribution is 0.669. The number of fused-ring (bicyclic) bond motifs is 6. The SMILES string of the molecule is CCc1ccc(N(c2ccc3ccc4c(N(c5ccc(CC)cc5)c5cccc6c5oc5c(-c7ccccc7C(C)C)cccc56)ccc5ccc2c3c54)c2cccc3c2oc2c(-c4ccccc4C(C)C)cccc23)cc1. The highest BCUT2D eigenvalue weighted by Crippen LogP contribution is 2.52. The van der Waals surface area contributed by atoms with Gasteiger partial charge >= 0.3 is 0 Å². The van der Waals surface area contributed by atoms with Gasteiger partial charge in [0.1, 0.15) is 11.2 Å². The molecular formula is C74H60N2O2. The fourth-order valence-corrected chi connectivity index (χ4v) is 12.6. The first-order chi connectivity index (χ1) is 38.3. The number of hydrogen-bond donors (Lipinski definition) is 0. The van der Waals surface area contributed by atoms with E-state index in [-0.39, 0.29) is 0 Å². The van der Waals surface area contributed by atoms with Crippen LogP contribution in [-0.4, -0.2) is 0 Å². The van der Waals surface area contributed by atoms with Crippen LogP contribution < -0.4 is 9.80 Å². The number of benzene rings is 12. The molecule has 0 fully saturated rings. The molecule has 0 aliphatic rings. The zero-order valence-electron chi connectivity index (χ0n) is 45.1. The van der Waals surface area contributed by atoms with Gasteiger partial charge in [-0.3, -0.25) is 0 Å². The van der Waals surface area contributed by atoms with Crippen molar-refractivity contribution < 1.29 is 8.83 Å². The standard InChI is InChI=1S/C74H60N2O2/c1-7-47-29-37-51(38-30-47)75(67-27-15-25-61-59-23-13-21-57(71(59)77-73(61)67)55-19-11-9-17-53(55)45(3)4)65-43-35-49-34-42-64-66(44-36-50-33-41-63(65)69(49)70(50)64)76(52-39-31-48(8-2)32-40-52)68-28-16-26-62-60-24-14-22-58(72(60)78-74(62)68)56-20-12-10-18-54(56)46(5)6/h9-46H,7-8H2,1-6H3. The molecule has 0 saturated heterocycles. The highest BCUT2D eigenvalue weighted by molar-refractivity contribution is 6.29. The second kappa shape index (κ2) is 18.9. The van der Waals surface area contributed by atoms with E-state index in [4.69, 9.17) is 8.83 Å². The molecule has 14 aromatic rings. The van der Waals surface area contributed by atoms with Crippen LogP contribution in [0.4, 0.5) is 34.1 Å². The molecule has 0 bridgehead atoms. The maximum Gasteiger partial charge on any atom is 0.159 e. The van der Waals surface area contributed by atoms with E-state index < -0.39 is 0 Å². The molecule has 12 aromatic carbocycles. The van der Waals surface area contributed by atoms with Crippen LogP contribution >= 0.6 is 0 Å². The number of hydrogen-bond acceptors (Lipinski definition) is 4. The molecule has 0 N–H and O–H groups in total. The Labute approximate surface area is 455 Å². The van der Waals surface area contributed by atoms with Gasteiger partial charge in [0.15, 0.2) is 11.2 Å². The minimum Gasteiger partial charge on any atom is -0.453 e. The fourth-order valence-electron chi connectivity index (χ4n) is 12.6. The van der Waals surface area contributed by atoms with Gasteiger partial charge in [0.2, 0.25) is 0 Å². The maximum atomic E-state index is 7.28. The van der Waals surface area contributed by atoms with Crippen molar-refractivity contribution in [3.63, 3.8) is 0 Å². The average molecular weight is 1010 g/mol. The molecule has 0 atom stereocenters. The predicted octanol–water partition coefficient (Wildman–Crippen LogP) is 22.0. The molecule has 4 nitrogen and oxygen atoms in total. The van der Waals surface area contributed by atoms with Crippen molar-refractivity contribution in [3.05, 3.63) is 241 Å². The van der Waals surface area contributed by atoms with E-state index in [1.165, 1.54) is 54.9 Å². The Balaban J connectivity index is 0.996. The summed E-state index contributed by atoms with van der Waals surface area (Å²) in [7, 11) is 0. The van der Waals surface area contributed by atoms with Crippen molar-refractivity contribution >= 4 is 110 Å². The van der Waals surface area contributed by atoms with E-state index in [0.717, 1.165) is 113 Å². The third kappa shape index (κ3) is 7.49. The minimum absolute atomic E-state index is 0.358. The number of para-hydroxylation sites is 4. The highest BCUT2D eigenvalue weighted by Gasteiger charge is 2.27. The average Bonchev–Trinajstić information content (AvgIpc) is 4.24. The molecule has 0 radical (unpaired) electrons. The topological polar surface area (TPSA) is 32.8 Å². The molecule has 2 heterocycles. The van der Waals surface area contributed by atoms with Crippen molar-refractivity contribution in [2.75, 3.05) is 9.80 Å². The molecule has 378 valence electrons. The van der Waals surface area contributed by atoms with Crippen LogP contribution in [0.15, 0.2) is 227 Å². The fraction of sp³-hybridized carbons (Fsp3) is 0.135. The number of rotatable bonds is 12. The normalized spacial score (nSPS) is 12.1. The van der Waals surface area contributed by atoms with Gasteiger partial charge in [0, 0.05) is 54.8 Å². The zero-order chi connectivity index (χ0) is 52.8. The quantitative estimate of drug-likeness (QED) is 0.114. The van der Waals surface area contributed by atoms with Gasteiger partial charge in [-0.05, 0) is 128 Å². The molecule has 78 heavy (non-hydrogen) atoms. The van der Waals surface area contributed by atoms with E-state index in [1.54, 1.807) is 0 Å². The Morgan fingerprint density at radius 1 is 0.308 bits per heavy atom. The number of nitrogens with zero attached hydrogens (tertiary/aromatic N) is 2. The van der Waals surface area contributed by atoms with Gasteiger partial charge in [0.25, 0.3) is 0 Å². The van der Waals surface area contributed by atoms with Crippen molar-refractivity contribution in [1.82, 2.24) is 0 Å². The first-order valence-electron chi connectivity index (χ1n) is 27.8. The van der Waals surface area contributed by atoms with Crippen LogP contribution in [0, 0.1) is 0 Å². The van der Waals surface area contributed by atoms with E-state index in [1.807, 2.05) is 0 Å². The lowest BCUT2D eigenvalue weighted by atomic mass is 9.91. The van der Waals surface area contributed by atoms with Crippen LogP contribution in [0.3, 0.4) is 0 Å². The van der Waals surface area contributed by atoms with Crippen molar-refractivity contribution in [1.29, 1.82) is 0 Å². The Bertz CT molecular complexity index is 4300. The molecule has 0 spiro atoms. The highest BCUT2D eigenvalue weighted by atomic mass is 16.3. The third-order valence-electron chi connectivity index (χ3n) is 16.5. The summed E-state index contributed by atoms with van der Waals surface area (Å²) in [5.41, 5.74) is 19.6. The van der Waals surface area contributed by atoms with E-state index in [0.29, 0.717) is 11.8 Å². The summed E-state index contributed by atoms with van der Waals surface area (Å²) in [6.07, 6.45) is 1.92. The summed E-state index contributed by atoms with van der Waals surface area (Å²) in [4.78, 5) is 4.85. The molecule has 2 aromatic heterocycles. The lowest BCUT2D eigenvalue weighted by Crippen LogP contribution is -2.12. The Kier molecular flexibility index (Phi) is 11.4. The summed E-state index contributed by atoms with van der Waals surface area (Å²) in [6, 6.07) is 80.6. The van der Waals surface area contributed by atoms with Crippen LogP contribution in [0.25, 0.3) is 98.4 Å². The van der Waals surface area contributed by atoms with Crippen LogP contribution in [0.1, 0.15) is 75.6 Å². The first kappa shape index (κ1) is 47.3. The smallest absolute Gasteiger partial charge is 0.159 e. The third-order valence-corrected chi connectivity index (χ3v) is 16.5. The van der Waals surface area contributed by atoms with E-state index in [2.05, 4.69) is 270 Å². The Morgan fingerprint density at radius 2 is 0.667 bits per heavy atom. The van der Waals surface area contributed by atoms with Crippen LogP contribution in [0.5, 0.6) is 0 Å². The van der Waals surface area contributed by atoms with Crippen molar-refractivity contribution in [3.8, 4) is 22.3 Å². The molecule has 14 rings (SSSR count). The molecule has 0 saturated carbocycles. The lowest BCUT2D eigenvalue weighted by Gasteiger charge is -2.29. The predicted molar refractivity (Wildman–Crippen MR) is 332 cm³/mol.